The van der Waals surface area contributed by atoms with Crippen molar-refractivity contribution in [2.24, 2.45) is 0 Å². The normalized spacial score (nSPS) is 17.6. The first-order valence-corrected chi connectivity index (χ1v) is 8.70. The van der Waals surface area contributed by atoms with Crippen LogP contribution in [0.3, 0.4) is 0 Å². The van der Waals surface area contributed by atoms with Crippen LogP contribution in [0.1, 0.15) is 17.5 Å². The topological polar surface area (TPSA) is 39.5 Å². The minimum Gasteiger partial charge on any atom is -0.363 e. The fourth-order valence-corrected chi connectivity index (χ4v) is 3.37. The Labute approximate surface area is 160 Å². The molecule has 1 aliphatic heterocycles. The van der Waals surface area contributed by atoms with Gasteiger partial charge in [-0.05, 0) is 30.7 Å². The number of halogens is 4. The highest BCUT2D eigenvalue weighted by molar-refractivity contribution is 6.32. The lowest BCUT2D eigenvalue weighted by Gasteiger charge is -2.39. The first-order chi connectivity index (χ1) is 12.9. The summed E-state index contributed by atoms with van der Waals surface area (Å²) in [5, 5.41) is 11.0. The number of nitrogens with zero attached hydrogens (tertiary/aromatic N) is 3. The molecule has 27 heavy (non-hydrogen) atoms. The molecule has 0 aromatic heterocycles. The van der Waals surface area contributed by atoms with Gasteiger partial charge >= 0.3 is 0 Å². The molecular formula is C19H17ClF3N3O. The van der Waals surface area contributed by atoms with Gasteiger partial charge in [0.1, 0.15) is 11.9 Å². The lowest BCUT2D eigenvalue weighted by atomic mass is 10.1. The number of anilines is 1. The highest BCUT2D eigenvalue weighted by Gasteiger charge is 2.27. The van der Waals surface area contributed by atoms with Crippen molar-refractivity contribution in [1.29, 1.82) is 5.26 Å². The Morgan fingerprint density at radius 1 is 1.30 bits per heavy atom. The van der Waals surface area contributed by atoms with E-state index in [1.54, 1.807) is 30.3 Å². The Bertz CT molecular complexity index is 887. The predicted molar refractivity (Wildman–Crippen MR) is 95.7 cm³/mol. The molecule has 4 nitrogen and oxygen atoms in total. The zero-order valence-corrected chi connectivity index (χ0v) is 15.3. The smallest absolute Gasteiger partial charge is 0.164 e. The number of nitriles is 1. The van der Waals surface area contributed by atoms with Crippen molar-refractivity contribution in [1.82, 2.24) is 5.06 Å². The largest absolute Gasteiger partial charge is 0.363 e. The van der Waals surface area contributed by atoms with Crippen molar-refractivity contribution in [3.8, 4) is 6.07 Å². The number of rotatable bonds is 4. The van der Waals surface area contributed by atoms with Crippen LogP contribution < -0.4 is 4.90 Å². The molecule has 1 heterocycles. The average molecular weight is 396 g/mol. The number of hydrogen-bond acceptors (Lipinski definition) is 4. The quantitative estimate of drug-likeness (QED) is 0.725. The summed E-state index contributed by atoms with van der Waals surface area (Å²) in [6.45, 7) is 0.917. The minimum atomic E-state index is -1.23. The number of hydrogen-bond donors (Lipinski definition) is 0. The van der Waals surface area contributed by atoms with E-state index in [1.807, 2.05) is 11.0 Å². The van der Waals surface area contributed by atoms with Crippen molar-refractivity contribution in [2.45, 2.75) is 19.0 Å². The third-order valence-corrected chi connectivity index (χ3v) is 4.80. The molecule has 3 rings (SSSR count). The number of hydroxylamine groups is 2. The van der Waals surface area contributed by atoms with Crippen molar-refractivity contribution in [3.63, 3.8) is 0 Å². The number of likely N-dealkylation sites (N-methyl/N-ethyl adjacent to an activating group) is 1. The first-order valence-electron chi connectivity index (χ1n) is 8.33. The van der Waals surface area contributed by atoms with Crippen LogP contribution in [0, 0.1) is 28.8 Å². The molecular weight excluding hydrogens is 379 g/mol. The van der Waals surface area contributed by atoms with E-state index in [0.717, 1.165) is 6.07 Å². The molecule has 1 aliphatic rings. The summed E-state index contributed by atoms with van der Waals surface area (Å²) >= 11 is 6.15. The highest BCUT2D eigenvalue weighted by Crippen LogP contribution is 2.29. The van der Waals surface area contributed by atoms with Gasteiger partial charge in [0.2, 0.25) is 0 Å². The molecule has 0 unspecified atom stereocenters. The Kier molecular flexibility index (Phi) is 5.90. The van der Waals surface area contributed by atoms with Gasteiger partial charge in [-0.2, -0.15) is 10.3 Å². The van der Waals surface area contributed by atoms with E-state index < -0.39 is 17.5 Å². The summed E-state index contributed by atoms with van der Waals surface area (Å²) in [5.41, 5.74) is 0.845. The van der Waals surface area contributed by atoms with E-state index in [-0.39, 0.29) is 23.2 Å². The van der Waals surface area contributed by atoms with Crippen molar-refractivity contribution in [3.05, 3.63) is 63.9 Å². The van der Waals surface area contributed by atoms with Gasteiger partial charge in [0.15, 0.2) is 11.6 Å². The standard InChI is InChI=1S/C19H17ClF3N3O/c1-25-11-16(4-5-27-25)26(15-3-2-12(9-24)17(20)8-15)10-13-6-14(21)7-18(22)19(13)23/h2-3,6-8,16H,4-5,10-11H2,1H3/t16-/m0/s1. The van der Waals surface area contributed by atoms with E-state index in [0.29, 0.717) is 36.9 Å². The van der Waals surface area contributed by atoms with E-state index in [9.17, 15) is 13.2 Å². The predicted octanol–water partition coefficient (Wildman–Crippen LogP) is 4.27. The molecule has 142 valence electrons. The maximum atomic E-state index is 14.2. The fraction of sp³-hybridized carbons (Fsp3) is 0.316. The van der Waals surface area contributed by atoms with Crippen molar-refractivity contribution >= 4 is 17.3 Å². The molecule has 0 radical (unpaired) electrons. The van der Waals surface area contributed by atoms with Gasteiger partial charge in [0, 0.05) is 43.5 Å². The molecule has 8 heteroatoms. The Morgan fingerprint density at radius 2 is 2.07 bits per heavy atom. The van der Waals surface area contributed by atoms with Crippen molar-refractivity contribution < 1.29 is 18.0 Å². The summed E-state index contributed by atoms with van der Waals surface area (Å²) in [6.07, 6.45) is 0.640. The van der Waals surface area contributed by atoms with Gasteiger partial charge in [-0.15, -0.1) is 0 Å². The molecule has 0 saturated carbocycles. The van der Waals surface area contributed by atoms with Gasteiger partial charge in [0.05, 0.1) is 17.2 Å². The third kappa shape index (κ3) is 4.35. The van der Waals surface area contributed by atoms with E-state index in [2.05, 4.69) is 0 Å². The molecule has 2 aromatic carbocycles. The van der Waals surface area contributed by atoms with Gasteiger partial charge in [0.25, 0.3) is 0 Å². The zero-order valence-electron chi connectivity index (χ0n) is 14.6. The Balaban J connectivity index is 2.00. The van der Waals surface area contributed by atoms with E-state index in [4.69, 9.17) is 21.7 Å². The summed E-state index contributed by atoms with van der Waals surface area (Å²) in [6, 6.07) is 8.24. The van der Waals surface area contributed by atoms with E-state index in [1.165, 1.54) is 0 Å². The van der Waals surface area contributed by atoms with Crippen LogP contribution in [-0.4, -0.2) is 31.3 Å². The molecule has 1 fully saturated rings. The minimum absolute atomic E-state index is 0.0543. The summed E-state index contributed by atoms with van der Waals surface area (Å²) in [7, 11) is 1.78. The summed E-state index contributed by atoms with van der Waals surface area (Å²) in [4.78, 5) is 7.23. The van der Waals surface area contributed by atoms with Gasteiger partial charge < -0.3 is 4.90 Å². The first kappa shape index (κ1) is 19.5. The molecule has 0 spiro atoms. The monoisotopic (exact) mass is 395 g/mol. The van der Waals surface area contributed by atoms with E-state index >= 15 is 0 Å². The van der Waals surface area contributed by atoms with Gasteiger partial charge in [-0.1, -0.05) is 11.6 Å². The van der Waals surface area contributed by atoms with Crippen LogP contribution in [0.2, 0.25) is 5.02 Å². The van der Waals surface area contributed by atoms with Crippen LogP contribution in [0.15, 0.2) is 30.3 Å². The lowest BCUT2D eigenvalue weighted by Crippen LogP contribution is -2.47. The second-order valence-electron chi connectivity index (χ2n) is 6.35. The fourth-order valence-electron chi connectivity index (χ4n) is 3.15. The third-order valence-electron chi connectivity index (χ3n) is 4.49. The van der Waals surface area contributed by atoms with Gasteiger partial charge in [-0.25, -0.2) is 13.2 Å². The second-order valence-corrected chi connectivity index (χ2v) is 6.76. The van der Waals surface area contributed by atoms with Crippen LogP contribution in [0.4, 0.5) is 18.9 Å². The SMILES string of the molecule is CN1C[C@@H](N(Cc2cc(F)cc(F)c2F)c2ccc(C#N)c(Cl)c2)CCO1. The zero-order chi connectivity index (χ0) is 19.6. The van der Waals surface area contributed by atoms with Gasteiger partial charge in [-0.3, -0.25) is 4.84 Å². The average Bonchev–Trinajstić information content (AvgIpc) is 2.63. The lowest BCUT2D eigenvalue weighted by molar-refractivity contribution is -0.166. The van der Waals surface area contributed by atoms with Crippen LogP contribution in [0.25, 0.3) is 0 Å². The Hall–Kier alpha value is -2.27. The second kappa shape index (κ2) is 8.17. The highest BCUT2D eigenvalue weighted by atomic mass is 35.5. The number of benzene rings is 2. The van der Waals surface area contributed by atoms with Crippen molar-refractivity contribution in [2.75, 3.05) is 25.1 Å². The molecule has 0 aliphatic carbocycles. The molecule has 1 saturated heterocycles. The molecule has 0 bridgehead atoms. The molecule has 1 atom stereocenters. The molecule has 0 N–H and O–H groups in total. The van der Waals surface area contributed by atoms with Crippen LogP contribution in [0.5, 0.6) is 0 Å². The maximum Gasteiger partial charge on any atom is 0.164 e. The molecule has 2 aromatic rings. The summed E-state index contributed by atoms with van der Waals surface area (Å²) < 4.78 is 41.5. The maximum absolute atomic E-state index is 14.2. The van der Waals surface area contributed by atoms with Crippen LogP contribution >= 0.6 is 11.6 Å². The Morgan fingerprint density at radius 3 is 2.74 bits per heavy atom. The van der Waals surface area contributed by atoms with Crippen LogP contribution in [-0.2, 0) is 11.4 Å². The molecule has 0 amide bonds. The summed E-state index contributed by atoms with van der Waals surface area (Å²) in [5.74, 6) is -3.15.